The second-order valence-corrected chi connectivity index (χ2v) is 8.06. The number of halogens is 1. The van der Waals surface area contributed by atoms with Crippen molar-refractivity contribution in [3.63, 3.8) is 0 Å². The highest BCUT2D eigenvalue weighted by Gasteiger charge is 2.37. The molecule has 24 heavy (non-hydrogen) atoms. The van der Waals surface area contributed by atoms with Gasteiger partial charge < -0.3 is 10.8 Å². The minimum atomic E-state index is -4.16. The number of amides is 1. The summed E-state index contributed by atoms with van der Waals surface area (Å²) in [5.74, 6) is -1.25. The van der Waals surface area contributed by atoms with Crippen molar-refractivity contribution in [3.8, 4) is 5.75 Å². The zero-order valence-corrected chi connectivity index (χ0v) is 13.9. The summed E-state index contributed by atoms with van der Waals surface area (Å²) in [5.41, 5.74) is 5.78. The van der Waals surface area contributed by atoms with Crippen LogP contribution in [0.4, 0.5) is 10.1 Å². The molecule has 132 valence electrons. The Kier molecular flexibility index (Phi) is 4.39. The molecule has 0 aromatic heterocycles. The van der Waals surface area contributed by atoms with Crippen LogP contribution in [-0.4, -0.2) is 32.5 Å². The van der Waals surface area contributed by atoms with Crippen molar-refractivity contribution >= 4 is 21.8 Å². The van der Waals surface area contributed by atoms with Gasteiger partial charge in [-0.25, -0.2) is 13.4 Å². The first-order chi connectivity index (χ1) is 11.3. The summed E-state index contributed by atoms with van der Waals surface area (Å²) in [5, 5.41) is 10.1. The maximum atomic E-state index is 14.4. The molecule has 9 heteroatoms. The van der Waals surface area contributed by atoms with E-state index in [1.54, 1.807) is 4.72 Å². The Bertz CT molecular complexity index is 745. The van der Waals surface area contributed by atoms with E-state index in [0.29, 0.717) is 34.7 Å². The number of hydrogen-bond donors (Lipinski definition) is 3. The third-order valence-corrected chi connectivity index (χ3v) is 6.06. The molecule has 1 aliphatic carbocycles. The molecule has 1 saturated heterocycles. The van der Waals surface area contributed by atoms with Crippen molar-refractivity contribution < 1.29 is 22.7 Å². The molecular weight excluding hydrogens is 337 g/mol. The number of carbonyl (C=O) groups excluding carboxylic acids is 1. The second-order valence-electron chi connectivity index (χ2n) is 6.47. The summed E-state index contributed by atoms with van der Waals surface area (Å²) in [6, 6.07) is 2.59. The third-order valence-electron chi connectivity index (χ3n) is 4.68. The highest BCUT2D eigenvalue weighted by molar-refractivity contribution is 7.92. The maximum Gasteiger partial charge on any atom is 0.326 e. The fourth-order valence-electron chi connectivity index (χ4n) is 3.56. The Morgan fingerprint density at radius 1 is 1.33 bits per heavy atom. The largest absolute Gasteiger partial charge is 0.506 e. The number of rotatable bonds is 4. The van der Waals surface area contributed by atoms with Gasteiger partial charge in [0.15, 0.2) is 5.82 Å². The monoisotopic (exact) mass is 357 g/mol. The number of carbonyl (C=O) groups is 1. The van der Waals surface area contributed by atoms with Gasteiger partial charge in [0.2, 0.25) is 0 Å². The standard InChI is InChI=1S/C15H20FN3O4S/c16-12-5-11(4-9-1-2-10(3-9)7-17)6-13(20)15(12)19-8-14(21)18-24(19,22)23/h5-6,9-10,20H,1-4,7-8,17H2,(H,18,21). The van der Waals surface area contributed by atoms with Crippen molar-refractivity contribution in [2.75, 3.05) is 17.4 Å². The predicted molar refractivity (Wildman–Crippen MR) is 86.1 cm³/mol. The Balaban J connectivity index is 1.83. The van der Waals surface area contributed by atoms with Gasteiger partial charge >= 0.3 is 10.2 Å². The molecule has 1 saturated carbocycles. The van der Waals surface area contributed by atoms with Crippen LogP contribution < -0.4 is 14.8 Å². The Hall–Kier alpha value is -1.87. The number of anilines is 1. The highest BCUT2D eigenvalue weighted by Crippen LogP contribution is 2.37. The van der Waals surface area contributed by atoms with Crippen LogP contribution in [0.3, 0.4) is 0 Å². The quantitative estimate of drug-likeness (QED) is 0.732. The smallest absolute Gasteiger partial charge is 0.326 e. The van der Waals surface area contributed by atoms with Gasteiger partial charge in [0.1, 0.15) is 18.0 Å². The van der Waals surface area contributed by atoms with Gasteiger partial charge in [-0.15, -0.1) is 0 Å². The van der Waals surface area contributed by atoms with Crippen LogP contribution in [0.15, 0.2) is 12.1 Å². The number of nitrogens with one attached hydrogen (secondary N) is 1. The molecule has 2 aliphatic rings. The number of benzene rings is 1. The summed E-state index contributed by atoms with van der Waals surface area (Å²) < 4.78 is 40.3. The number of hydrogen-bond acceptors (Lipinski definition) is 5. The summed E-state index contributed by atoms with van der Waals surface area (Å²) in [4.78, 5) is 11.3. The lowest BCUT2D eigenvalue weighted by molar-refractivity contribution is -0.117. The van der Waals surface area contributed by atoms with Crippen LogP contribution in [0.25, 0.3) is 0 Å². The van der Waals surface area contributed by atoms with Crippen LogP contribution in [0.5, 0.6) is 5.75 Å². The zero-order chi connectivity index (χ0) is 17.5. The number of aromatic hydroxyl groups is 1. The van der Waals surface area contributed by atoms with Crippen molar-refractivity contribution in [3.05, 3.63) is 23.5 Å². The Morgan fingerprint density at radius 3 is 2.58 bits per heavy atom. The van der Waals surface area contributed by atoms with Gasteiger partial charge in [-0.05, 0) is 61.8 Å². The van der Waals surface area contributed by atoms with E-state index >= 15 is 0 Å². The Labute approximate surface area is 139 Å². The van der Waals surface area contributed by atoms with Crippen LogP contribution in [0, 0.1) is 17.7 Å². The molecule has 0 spiro atoms. The summed E-state index contributed by atoms with van der Waals surface area (Å²) in [6.45, 7) is 0.0931. The summed E-state index contributed by atoms with van der Waals surface area (Å²) in [6.07, 6.45) is 3.63. The maximum absolute atomic E-state index is 14.4. The fourth-order valence-corrected chi connectivity index (χ4v) is 4.73. The van der Waals surface area contributed by atoms with Crippen molar-refractivity contribution in [1.82, 2.24) is 4.72 Å². The number of nitrogens with two attached hydrogens (primary N) is 1. The SMILES string of the molecule is NCC1CCC(Cc2cc(O)c(N3CC(=O)NS3(=O)=O)c(F)c2)C1. The molecule has 0 bridgehead atoms. The van der Waals surface area contributed by atoms with Gasteiger partial charge in [0.25, 0.3) is 5.91 Å². The average molecular weight is 357 g/mol. The molecule has 0 radical (unpaired) electrons. The average Bonchev–Trinajstić information content (AvgIpc) is 3.02. The van der Waals surface area contributed by atoms with Gasteiger partial charge in [0.05, 0.1) is 0 Å². The molecular formula is C15H20FN3O4S. The van der Waals surface area contributed by atoms with Gasteiger partial charge in [0, 0.05) is 0 Å². The molecule has 2 unspecified atom stereocenters. The van der Waals surface area contributed by atoms with Crippen LogP contribution in [0.2, 0.25) is 0 Å². The van der Waals surface area contributed by atoms with Crippen molar-refractivity contribution in [1.29, 1.82) is 0 Å². The third kappa shape index (κ3) is 3.18. The van der Waals surface area contributed by atoms with Crippen molar-refractivity contribution in [2.45, 2.75) is 25.7 Å². The van der Waals surface area contributed by atoms with E-state index < -0.39 is 39.9 Å². The summed E-state index contributed by atoms with van der Waals surface area (Å²) >= 11 is 0. The van der Waals surface area contributed by atoms with Crippen molar-refractivity contribution in [2.24, 2.45) is 17.6 Å². The number of phenolic OH excluding ortho intramolecular Hbond substituents is 1. The molecule has 1 aliphatic heterocycles. The number of nitrogens with zero attached hydrogens (tertiary/aromatic N) is 1. The zero-order valence-electron chi connectivity index (χ0n) is 13.0. The van der Waals surface area contributed by atoms with E-state index in [2.05, 4.69) is 0 Å². The van der Waals surface area contributed by atoms with E-state index in [0.717, 1.165) is 19.3 Å². The normalized spacial score (nSPS) is 25.9. The first kappa shape index (κ1) is 17.0. The minimum Gasteiger partial charge on any atom is -0.506 e. The lowest BCUT2D eigenvalue weighted by Crippen LogP contribution is -2.30. The molecule has 1 aromatic rings. The molecule has 1 amide bonds. The highest BCUT2D eigenvalue weighted by atomic mass is 32.2. The first-order valence-electron chi connectivity index (χ1n) is 7.85. The molecule has 1 heterocycles. The first-order valence-corrected chi connectivity index (χ1v) is 9.29. The molecule has 3 rings (SSSR count). The molecule has 2 atom stereocenters. The van der Waals surface area contributed by atoms with E-state index in [1.807, 2.05) is 0 Å². The molecule has 1 aromatic carbocycles. The molecule has 7 nitrogen and oxygen atoms in total. The van der Waals surface area contributed by atoms with Gasteiger partial charge in [-0.2, -0.15) is 8.42 Å². The van der Waals surface area contributed by atoms with Gasteiger partial charge in [-0.1, -0.05) is 0 Å². The van der Waals surface area contributed by atoms with Crippen LogP contribution >= 0.6 is 0 Å². The fraction of sp³-hybridized carbons (Fsp3) is 0.533. The van der Waals surface area contributed by atoms with E-state index in [9.17, 15) is 22.7 Å². The van der Waals surface area contributed by atoms with Crippen LogP contribution in [0.1, 0.15) is 24.8 Å². The number of phenols is 1. The second kappa shape index (κ2) is 6.21. The van der Waals surface area contributed by atoms with E-state index in [1.165, 1.54) is 12.1 Å². The van der Waals surface area contributed by atoms with Gasteiger partial charge in [-0.3, -0.25) is 4.79 Å². The topological polar surface area (TPSA) is 113 Å². The minimum absolute atomic E-state index is 0.377. The molecule has 4 N–H and O–H groups in total. The molecule has 2 fully saturated rings. The lowest BCUT2D eigenvalue weighted by Gasteiger charge is -2.18. The van der Waals surface area contributed by atoms with E-state index in [-0.39, 0.29) is 0 Å². The lowest BCUT2D eigenvalue weighted by atomic mass is 9.96. The summed E-state index contributed by atoms with van der Waals surface area (Å²) in [7, 11) is -4.16. The van der Waals surface area contributed by atoms with Crippen LogP contribution in [-0.2, 0) is 21.4 Å². The Morgan fingerprint density at radius 2 is 2.04 bits per heavy atom. The predicted octanol–water partition coefficient (Wildman–Crippen LogP) is 0.630. The van der Waals surface area contributed by atoms with E-state index in [4.69, 9.17) is 5.73 Å².